The second-order valence-electron chi connectivity index (χ2n) is 3.83. The molecule has 1 unspecified atom stereocenters. The van der Waals surface area contributed by atoms with E-state index in [2.05, 4.69) is 6.08 Å². The molecule has 0 spiro atoms. The molecule has 0 aromatic carbocycles. The fourth-order valence-electron chi connectivity index (χ4n) is 1.69. The van der Waals surface area contributed by atoms with Gasteiger partial charge >= 0.3 is 5.97 Å². The normalized spacial score (nSPS) is 23.9. The highest BCUT2D eigenvalue weighted by Gasteiger charge is 2.17. The third kappa shape index (κ3) is 4.98. The van der Waals surface area contributed by atoms with Crippen LogP contribution < -0.4 is 0 Å². The Balaban J connectivity index is 2.31. The molecule has 15 heavy (non-hydrogen) atoms. The standard InChI is InChI=1S/C12H20O3/c1-14-9-10-15-12(13)11-7-5-3-2-4-6-8-11/h5,7,11H,2-4,6,8-10H2,1H3/b7-5-. The van der Waals surface area contributed by atoms with E-state index in [4.69, 9.17) is 9.47 Å². The van der Waals surface area contributed by atoms with Crippen LogP contribution in [-0.4, -0.2) is 26.3 Å². The van der Waals surface area contributed by atoms with Crippen molar-refractivity contribution in [2.75, 3.05) is 20.3 Å². The number of hydrogen-bond acceptors (Lipinski definition) is 3. The smallest absolute Gasteiger partial charge is 0.312 e. The molecule has 0 N–H and O–H groups in total. The maximum absolute atomic E-state index is 11.6. The lowest BCUT2D eigenvalue weighted by molar-refractivity contribution is -0.148. The highest BCUT2D eigenvalue weighted by Crippen LogP contribution is 2.17. The number of hydrogen-bond donors (Lipinski definition) is 0. The van der Waals surface area contributed by atoms with E-state index >= 15 is 0 Å². The Hall–Kier alpha value is -0.830. The summed E-state index contributed by atoms with van der Waals surface area (Å²) in [6.07, 6.45) is 9.67. The minimum absolute atomic E-state index is 0.0397. The molecular formula is C12H20O3. The van der Waals surface area contributed by atoms with Crippen molar-refractivity contribution in [1.82, 2.24) is 0 Å². The van der Waals surface area contributed by atoms with Crippen LogP contribution in [0.4, 0.5) is 0 Å². The molecule has 1 aliphatic carbocycles. The number of ether oxygens (including phenoxy) is 2. The Morgan fingerprint density at radius 2 is 2.20 bits per heavy atom. The number of carbonyl (C=O) groups is 1. The van der Waals surface area contributed by atoms with Gasteiger partial charge in [-0.3, -0.25) is 4.79 Å². The molecule has 0 saturated carbocycles. The number of carbonyl (C=O) groups excluding carboxylic acids is 1. The molecule has 0 fully saturated rings. The van der Waals surface area contributed by atoms with Gasteiger partial charge in [-0.05, 0) is 19.3 Å². The Morgan fingerprint density at radius 3 is 3.00 bits per heavy atom. The maximum Gasteiger partial charge on any atom is 0.312 e. The summed E-state index contributed by atoms with van der Waals surface area (Å²) in [7, 11) is 1.60. The second-order valence-corrected chi connectivity index (χ2v) is 3.83. The van der Waals surface area contributed by atoms with E-state index in [0.29, 0.717) is 13.2 Å². The summed E-state index contributed by atoms with van der Waals surface area (Å²) in [5, 5.41) is 0. The molecule has 0 amide bonds. The van der Waals surface area contributed by atoms with Crippen LogP contribution in [0.5, 0.6) is 0 Å². The molecule has 1 rings (SSSR count). The summed E-state index contributed by atoms with van der Waals surface area (Å²) in [4.78, 5) is 11.6. The summed E-state index contributed by atoms with van der Waals surface area (Å²) in [6.45, 7) is 0.835. The summed E-state index contributed by atoms with van der Waals surface area (Å²) >= 11 is 0. The largest absolute Gasteiger partial charge is 0.463 e. The molecule has 0 radical (unpaired) electrons. The van der Waals surface area contributed by atoms with E-state index in [9.17, 15) is 4.79 Å². The lowest BCUT2D eigenvalue weighted by atomic mass is 9.97. The van der Waals surface area contributed by atoms with Crippen LogP contribution in [0.25, 0.3) is 0 Å². The van der Waals surface area contributed by atoms with E-state index < -0.39 is 0 Å². The van der Waals surface area contributed by atoms with Crippen molar-refractivity contribution in [3.63, 3.8) is 0 Å². The van der Waals surface area contributed by atoms with Crippen molar-refractivity contribution in [3.8, 4) is 0 Å². The predicted octanol–water partition coefficient (Wildman–Crippen LogP) is 2.31. The van der Waals surface area contributed by atoms with Gasteiger partial charge in [0, 0.05) is 7.11 Å². The third-order valence-corrected chi connectivity index (χ3v) is 2.59. The molecule has 1 atom stereocenters. The molecule has 0 heterocycles. The van der Waals surface area contributed by atoms with Gasteiger partial charge in [-0.25, -0.2) is 0 Å². The van der Waals surface area contributed by atoms with Crippen LogP contribution in [0.2, 0.25) is 0 Å². The molecule has 0 aromatic rings. The molecular weight excluding hydrogens is 192 g/mol. The maximum atomic E-state index is 11.6. The zero-order chi connectivity index (χ0) is 10.9. The van der Waals surface area contributed by atoms with E-state index in [1.54, 1.807) is 7.11 Å². The van der Waals surface area contributed by atoms with Crippen molar-refractivity contribution >= 4 is 5.97 Å². The van der Waals surface area contributed by atoms with Gasteiger partial charge in [-0.2, -0.15) is 0 Å². The summed E-state index contributed by atoms with van der Waals surface area (Å²) in [6, 6.07) is 0. The van der Waals surface area contributed by atoms with E-state index in [0.717, 1.165) is 19.3 Å². The first kappa shape index (κ1) is 12.2. The number of esters is 1. The Bertz CT molecular complexity index is 211. The van der Waals surface area contributed by atoms with E-state index in [1.807, 2.05) is 6.08 Å². The Labute approximate surface area is 91.4 Å². The topological polar surface area (TPSA) is 35.5 Å². The van der Waals surface area contributed by atoms with Crippen LogP contribution in [0.1, 0.15) is 32.1 Å². The lowest BCUT2D eigenvalue weighted by Gasteiger charge is -2.14. The molecule has 3 heteroatoms. The fourth-order valence-corrected chi connectivity index (χ4v) is 1.69. The molecule has 0 saturated heterocycles. The Morgan fingerprint density at radius 1 is 1.33 bits per heavy atom. The monoisotopic (exact) mass is 212 g/mol. The van der Waals surface area contributed by atoms with Crippen molar-refractivity contribution < 1.29 is 14.3 Å². The average molecular weight is 212 g/mol. The molecule has 0 aliphatic heterocycles. The first-order chi connectivity index (χ1) is 7.34. The van der Waals surface area contributed by atoms with Crippen molar-refractivity contribution in [1.29, 1.82) is 0 Å². The van der Waals surface area contributed by atoms with Gasteiger partial charge in [-0.1, -0.05) is 25.0 Å². The number of methoxy groups -OCH3 is 1. The number of rotatable bonds is 4. The number of allylic oxidation sites excluding steroid dienone is 1. The highest BCUT2D eigenvalue weighted by atomic mass is 16.6. The molecule has 86 valence electrons. The molecule has 1 aliphatic rings. The molecule has 0 aromatic heterocycles. The minimum Gasteiger partial charge on any atom is -0.463 e. The van der Waals surface area contributed by atoms with Gasteiger partial charge in [0.15, 0.2) is 0 Å². The van der Waals surface area contributed by atoms with Gasteiger partial charge in [0.25, 0.3) is 0 Å². The zero-order valence-electron chi connectivity index (χ0n) is 9.41. The van der Waals surface area contributed by atoms with Gasteiger partial charge < -0.3 is 9.47 Å². The van der Waals surface area contributed by atoms with Gasteiger partial charge in [0.2, 0.25) is 0 Å². The highest BCUT2D eigenvalue weighted by molar-refractivity contribution is 5.74. The van der Waals surface area contributed by atoms with Crippen LogP contribution in [0.3, 0.4) is 0 Å². The van der Waals surface area contributed by atoms with Crippen molar-refractivity contribution in [2.24, 2.45) is 5.92 Å². The van der Waals surface area contributed by atoms with Gasteiger partial charge in [-0.15, -0.1) is 0 Å². The van der Waals surface area contributed by atoms with Crippen molar-refractivity contribution in [2.45, 2.75) is 32.1 Å². The van der Waals surface area contributed by atoms with E-state index in [1.165, 1.54) is 12.8 Å². The first-order valence-electron chi connectivity index (χ1n) is 5.67. The summed E-state index contributed by atoms with van der Waals surface area (Å²) in [5.74, 6) is -0.146. The van der Waals surface area contributed by atoms with Crippen LogP contribution in [0, 0.1) is 5.92 Å². The predicted molar refractivity (Wildman–Crippen MR) is 58.6 cm³/mol. The van der Waals surface area contributed by atoms with E-state index in [-0.39, 0.29) is 11.9 Å². The molecule has 3 nitrogen and oxygen atoms in total. The van der Waals surface area contributed by atoms with Gasteiger partial charge in [0.1, 0.15) is 6.61 Å². The van der Waals surface area contributed by atoms with Crippen molar-refractivity contribution in [3.05, 3.63) is 12.2 Å². The summed E-state index contributed by atoms with van der Waals surface area (Å²) < 4.78 is 9.93. The summed E-state index contributed by atoms with van der Waals surface area (Å²) in [5.41, 5.74) is 0. The van der Waals surface area contributed by atoms with Crippen LogP contribution in [-0.2, 0) is 14.3 Å². The molecule has 0 bridgehead atoms. The quantitative estimate of drug-likeness (QED) is 0.407. The van der Waals surface area contributed by atoms with Crippen LogP contribution >= 0.6 is 0 Å². The fraction of sp³-hybridized carbons (Fsp3) is 0.750. The average Bonchev–Trinajstić information content (AvgIpc) is 2.17. The SMILES string of the molecule is COCCOC(=O)C1/C=C\CCCCC1. The Kier molecular flexibility index (Phi) is 6.09. The van der Waals surface area contributed by atoms with Crippen LogP contribution in [0.15, 0.2) is 12.2 Å². The first-order valence-corrected chi connectivity index (χ1v) is 5.67. The van der Waals surface area contributed by atoms with Gasteiger partial charge in [0.05, 0.1) is 12.5 Å². The second kappa shape index (κ2) is 7.46. The minimum atomic E-state index is -0.106. The lowest BCUT2D eigenvalue weighted by Crippen LogP contribution is -2.18. The zero-order valence-corrected chi connectivity index (χ0v) is 9.41. The third-order valence-electron chi connectivity index (χ3n) is 2.59.